The van der Waals surface area contributed by atoms with Gasteiger partial charge in [-0.2, -0.15) is 0 Å². The van der Waals surface area contributed by atoms with Crippen LogP contribution in [0.4, 0.5) is 0 Å². The van der Waals surface area contributed by atoms with E-state index < -0.39 is 0 Å². The minimum atomic E-state index is 0. The summed E-state index contributed by atoms with van der Waals surface area (Å²) < 4.78 is 5.83. The number of rotatable bonds is 5. The molecule has 1 saturated heterocycles. The Morgan fingerprint density at radius 1 is 1.26 bits per heavy atom. The van der Waals surface area contributed by atoms with Crippen LogP contribution in [0, 0.1) is 11.3 Å². The Hall–Kier alpha value is 0.170. The molecule has 0 spiro atoms. The molecular formula is C15H31ClN2O. The second-order valence-corrected chi connectivity index (χ2v) is 6.65. The Bertz CT molecular complexity index is 267. The standard InChI is InChI=1S/C15H30N2O.ClH/c1-5-18-14-10-13(15(14,2)3)17(4)11-12-6-8-16-9-7-12;/h12-14,16H,5-11H2,1-4H3;1H. The fourth-order valence-corrected chi connectivity index (χ4v) is 3.70. The van der Waals surface area contributed by atoms with Gasteiger partial charge in [-0.3, -0.25) is 0 Å². The van der Waals surface area contributed by atoms with Crippen molar-refractivity contribution in [1.82, 2.24) is 10.2 Å². The third-order valence-electron chi connectivity index (χ3n) is 5.03. The van der Waals surface area contributed by atoms with Crippen LogP contribution in [0.3, 0.4) is 0 Å². The fourth-order valence-electron chi connectivity index (χ4n) is 3.70. The predicted octanol–water partition coefficient (Wildman–Crippen LogP) is 2.54. The first kappa shape index (κ1) is 17.2. The molecule has 2 fully saturated rings. The molecule has 0 radical (unpaired) electrons. The van der Waals surface area contributed by atoms with Crippen LogP contribution in [0.1, 0.15) is 40.0 Å². The van der Waals surface area contributed by atoms with Crippen molar-refractivity contribution in [3.05, 3.63) is 0 Å². The molecule has 114 valence electrons. The zero-order chi connectivity index (χ0) is 13.2. The summed E-state index contributed by atoms with van der Waals surface area (Å²) in [7, 11) is 2.30. The minimum absolute atomic E-state index is 0. The van der Waals surface area contributed by atoms with Gasteiger partial charge < -0.3 is 15.0 Å². The molecule has 1 aliphatic carbocycles. The first-order chi connectivity index (χ1) is 8.55. The first-order valence-corrected chi connectivity index (χ1v) is 7.58. The smallest absolute Gasteiger partial charge is 0.0655 e. The Balaban J connectivity index is 0.00000180. The molecule has 1 N–H and O–H groups in total. The summed E-state index contributed by atoms with van der Waals surface area (Å²) >= 11 is 0. The number of piperidine rings is 1. The van der Waals surface area contributed by atoms with Crippen molar-refractivity contribution in [2.75, 3.05) is 33.3 Å². The van der Waals surface area contributed by atoms with Crippen molar-refractivity contribution in [3.8, 4) is 0 Å². The van der Waals surface area contributed by atoms with Gasteiger partial charge in [-0.1, -0.05) is 13.8 Å². The third kappa shape index (κ3) is 3.84. The number of ether oxygens (including phenoxy) is 1. The van der Waals surface area contributed by atoms with E-state index in [4.69, 9.17) is 4.74 Å². The molecule has 2 unspecified atom stereocenters. The number of nitrogens with one attached hydrogen (secondary N) is 1. The van der Waals surface area contributed by atoms with Gasteiger partial charge in [-0.05, 0) is 52.2 Å². The van der Waals surface area contributed by atoms with E-state index in [1.54, 1.807) is 0 Å². The monoisotopic (exact) mass is 290 g/mol. The molecule has 3 nitrogen and oxygen atoms in total. The summed E-state index contributed by atoms with van der Waals surface area (Å²) in [6.45, 7) is 11.3. The van der Waals surface area contributed by atoms with Crippen LogP contribution in [-0.4, -0.2) is 50.3 Å². The maximum Gasteiger partial charge on any atom is 0.0655 e. The van der Waals surface area contributed by atoms with E-state index in [9.17, 15) is 0 Å². The van der Waals surface area contributed by atoms with Crippen molar-refractivity contribution >= 4 is 12.4 Å². The van der Waals surface area contributed by atoms with E-state index in [2.05, 4.69) is 38.0 Å². The van der Waals surface area contributed by atoms with E-state index in [-0.39, 0.29) is 12.4 Å². The number of nitrogens with zero attached hydrogens (tertiary/aromatic N) is 1. The predicted molar refractivity (Wildman–Crippen MR) is 83.1 cm³/mol. The zero-order valence-corrected chi connectivity index (χ0v) is 13.8. The van der Waals surface area contributed by atoms with Gasteiger partial charge in [0.15, 0.2) is 0 Å². The van der Waals surface area contributed by atoms with Crippen LogP contribution in [0.25, 0.3) is 0 Å². The number of hydrogen-bond acceptors (Lipinski definition) is 3. The maximum absolute atomic E-state index is 5.83. The van der Waals surface area contributed by atoms with E-state index in [1.165, 1.54) is 38.9 Å². The van der Waals surface area contributed by atoms with Crippen molar-refractivity contribution < 1.29 is 4.74 Å². The van der Waals surface area contributed by atoms with Gasteiger partial charge in [0.1, 0.15) is 0 Å². The molecule has 2 aliphatic rings. The van der Waals surface area contributed by atoms with Gasteiger partial charge >= 0.3 is 0 Å². The Labute approximate surface area is 124 Å². The summed E-state index contributed by atoms with van der Waals surface area (Å²) in [6.07, 6.45) is 4.35. The quantitative estimate of drug-likeness (QED) is 0.842. The Kier molecular flexibility index (Phi) is 6.58. The largest absolute Gasteiger partial charge is 0.378 e. The van der Waals surface area contributed by atoms with Crippen LogP contribution in [0.2, 0.25) is 0 Å². The van der Waals surface area contributed by atoms with Gasteiger partial charge in [0.2, 0.25) is 0 Å². The Morgan fingerprint density at radius 3 is 2.42 bits per heavy atom. The summed E-state index contributed by atoms with van der Waals surface area (Å²) in [5, 5.41) is 3.45. The maximum atomic E-state index is 5.83. The van der Waals surface area contributed by atoms with E-state index in [1.807, 2.05) is 0 Å². The first-order valence-electron chi connectivity index (χ1n) is 7.58. The van der Waals surface area contributed by atoms with Crippen molar-refractivity contribution in [2.45, 2.75) is 52.2 Å². The van der Waals surface area contributed by atoms with E-state index >= 15 is 0 Å². The van der Waals surface area contributed by atoms with Crippen LogP contribution in [0.15, 0.2) is 0 Å². The summed E-state index contributed by atoms with van der Waals surface area (Å²) in [6, 6.07) is 0.698. The SMILES string of the molecule is CCOC1CC(N(C)CC2CCNCC2)C1(C)C.Cl. The normalized spacial score (nSPS) is 30.8. The highest BCUT2D eigenvalue weighted by Gasteiger charge is 2.50. The lowest BCUT2D eigenvalue weighted by atomic mass is 9.63. The van der Waals surface area contributed by atoms with Crippen LogP contribution in [-0.2, 0) is 4.74 Å². The molecule has 1 aliphatic heterocycles. The molecule has 0 bridgehead atoms. The minimum Gasteiger partial charge on any atom is -0.378 e. The van der Waals surface area contributed by atoms with Crippen LogP contribution >= 0.6 is 12.4 Å². The van der Waals surface area contributed by atoms with Gasteiger partial charge in [0.05, 0.1) is 6.10 Å². The highest BCUT2D eigenvalue weighted by atomic mass is 35.5. The molecule has 1 heterocycles. The van der Waals surface area contributed by atoms with Gasteiger partial charge in [-0.25, -0.2) is 0 Å². The molecule has 4 heteroatoms. The summed E-state index contributed by atoms with van der Waals surface area (Å²) in [5.41, 5.74) is 0.317. The molecule has 2 atom stereocenters. The molecule has 0 aromatic carbocycles. The zero-order valence-electron chi connectivity index (χ0n) is 12.9. The van der Waals surface area contributed by atoms with Gasteiger partial charge in [0, 0.05) is 24.6 Å². The lowest BCUT2D eigenvalue weighted by molar-refractivity contribution is -0.147. The average molecular weight is 291 g/mol. The average Bonchev–Trinajstić information content (AvgIpc) is 2.35. The fraction of sp³-hybridized carbons (Fsp3) is 1.00. The van der Waals surface area contributed by atoms with Crippen LogP contribution in [0.5, 0.6) is 0 Å². The van der Waals surface area contributed by atoms with E-state index in [0.717, 1.165) is 12.5 Å². The van der Waals surface area contributed by atoms with Gasteiger partial charge in [-0.15, -0.1) is 12.4 Å². The van der Waals surface area contributed by atoms with Crippen LogP contribution < -0.4 is 5.32 Å². The third-order valence-corrected chi connectivity index (χ3v) is 5.03. The number of hydrogen-bond donors (Lipinski definition) is 1. The van der Waals surface area contributed by atoms with Gasteiger partial charge in [0.25, 0.3) is 0 Å². The number of halogens is 1. The molecule has 0 aromatic rings. The summed E-state index contributed by atoms with van der Waals surface area (Å²) in [4.78, 5) is 2.59. The molecule has 1 saturated carbocycles. The van der Waals surface area contributed by atoms with Crippen molar-refractivity contribution in [1.29, 1.82) is 0 Å². The summed E-state index contributed by atoms with van der Waals surface area (Å²) in [5.74, 6) is 0.887. The molecular weight excluding hydrogens is 260 g/mol. The van der Waals surface area contributed by atoms with E-state index in [0.29, 0.717) is 17.6 Å². The lowest BCUT2D eigenvalue weighted by Crippen LogP contribution is -2.61. The highest BCUT2D eigenvalue weighted by molar-refractivity contribution is 5.85. The molecule has 19 heavy (non-hydrogen) atoms. The molecule has 2 rings (SSSR count). The molecule has 0 amide bonds. The Morgan fingerprint density at radius 2 is 1.89 bits per heavy atom. The highest BCUT2D eigenvalue weighted by Crippen LogP contribution is 2.45. The second kappa shape index (κ2) is 7.26. The van der Waals surface area contributed by atoms with Crippen molar-refractivity contribution in [2.24, 2.45) is 11.3 Å². The lowest BCUT2D eigenvalue weighted by Gasteiger charge is -2.55. The molecule has 0 aromatic heterocycles. The second-order valence-electron chi connectivity index (χ2n) is 6.65. The van der Waals surface area contributed by atoms with Crippen molar-refractivity contribution in [3.63, 3.8) is 0 Å². The topological polar surface area (TPSA) is 24.5 Å².